The van der Waals surface area contributed by atoms with Crippen LogP contribution in [0.3, 0.4) is 0 Å². The molecule has 0 aromatic heterocycles. The van der Waals surface area contributed by atoms with E-state index < -0.39 is 6.61 Å². The first-order valence-corrected chi connectivity index (χ1v) is 5.84. The number of nitrogens with one attached hydrogen (secondary N) is 1. The molecule has 0 spiro atoms. The summed E-state index contributed by atoms with van der Waals surface area (Å²) < 4.78 is 28.4. The average Bonchev–Trinajstić information content (AvgIpc) is 2.75. The van der Waals surface area contributed by atoms with Gasteiger partial charge < -0.3 is 15.8 Å². The SMILES string of the molecule is NC1C=CC(C(=O)Nc2cccc(OC(F)F)c2)C1. The maximum absolute atomic E-state index is 12.1. The molecule has 1 aliphatic carbocycles. The van der Waals surface area contributed by atoms with Gasteiger partial charge in [-0.3, -0.25) is 4.79 Å². The highest BCUT2D eigenvalue weighted by molar-refractivity contribution is 5.94. The molecule has 0 fully saturated rings. The van der Waals surface area contributed by atoms with Crippen LogP contribution in [0, 0.1) is 5.92 Å². The number of hydrogen-bond donors (Lipinski definition) is 2. The fourth-order valence-corrected chi connectivity index (χ4v) is 1.91. The molecule has 1 aliphatic rings. The van der Waals surface area contributed by atoms with Crippen LogP contribution in [0.5, 0.6) is 5.75 Å². The minimum absolute atomic E-state index is 0.00599. The van der Waals surface area contributed by atoms with Crippen LogP contribution in [0.1, 0.15) is 6.42 Å². The minimum atomic E-state index is -2.89. The summed E-state index contributed by atoms with van der Waals surface area (Å²) in [5.41, 5.74) is 6.08. The van der Waals surface area contributed by atoms with Gasteiger partial charge in [0.25, 0.3) is 0 Å². The molecule has 19 heavy (non-hydrogen) atoms. The predicted octanol–water partition coefficient (Wildman–Crippen LogP) is 2.13. The highest BCUT2D eigenvalue weighted by atomic mass is 19.3. The number of carbonyl (C=O) groups excluding carboxylic acids is 1. The molecule has 0 bridgehead atoms. The van der Waals surface area contributed by atoms with Gasteiger partial charge in [0.2, 0.25) is 5.91 Å². The Morgan fingerprint density at radius 1 is 1.42 bits per heavy atom. The van der Waals surface area contributed by atoms with Crippen molar-refractivity contribution < 1.29 is 18.3 Å². The molecule has 3 N–H and O–H groups in total. The first-order valence-electron chi connectivity index (χ1n) is 5.84. The van der Waals surface area contributed by atoms with E-state index in [2.05, 4.69) is 10.1 Å². The molecule has 4 nitrogen and oxygen atoms in total. The number of alkyl halides is 2. The summed E-state index contributed by atoms with van der Waals surface area (Å²) >= 11 is 0. The van der Waals surface area contributed by atoms with Crippen molar-refractivity contribution in [3.63, 3.8) is 0 Å². The number of ether oxygens (including phenoxy) is 1. The molecule has 102 valence electrons. The number of rotatable bonds is 4. The van der Waals surface area contributed by atoms with Crippen molar-refractivity contribution in [2.24, 2.45) is 11.7 Å². The number of benzene rings is 1. The minimum Gasteiger partial charge on any atom is -0.435 e. The largest absolute Gasteiger partial charge is 0.435 e. The fraction of sp³-hybridized carbons (Fsp3) is 0.308. The third-order valence-corrected chi connectivity index (χ3v) is 2.78. The first kappa shape index (κ1) is 13.5. The Labute approximate surface area is 109 Å². The molecule has 1 aromatic rings. The molecule has 0 heterocycles. The highest BCUT2D eigenvalue weighted by Gasteiger charge is 2.22. The third-order valence-electron chi connectivity index (χ3n) is 2.78. The van der Waals surface area contributed by atoms with Gasteiger partial charge in [0.15, 0.2) is 0 Å². The molecule has 0 saturated carbocycles. The number of anilines is 1. The van der Waals surface area contributed by atoms with Gasteiger partial charge in [0.1, 0.15) is 5.75 Å². The zero-order valence-electron chi connectivity index (χ0n) is 10.1. The second-order valence-corrected chi connectivity index (χ2v) is 4.29. The topological polar surface area (TPSA) is 64.4 Å². The Morgan fingerprint density at radius 2 is 2.21 bits per heavy atom. The summed E-state index contributed by atoms with van der Waals surface area (Å²) in [6.07, 6.45) is 4.08. The lowest BCUT2D eigenvalue weighted by Gasteiger charge is -2.11. The monoisotopic (exact) mass is 268 g/mol. The molecule has 6 heteroatoms. The van der Waals surface area contributed by atoms with Crippen LogP contribution in [-0.4, -0.2) is 18.6 Å². The predicted molar refractivity (Wildman–Crippen MR) is 66.9 cm³/mol. The van der Waals surface area contributed by atoms with Crippen LogP contribution >= 0.6 is 0 Å². The standard InChI is InChI=1S/C13H14F2N2O2/c14-13(15)19-11-3-1-2-10(7-11)17-12(18)8-4-5-9(16)6-8/h1-5,7-9,13H,6,16H2,(H,17,18). The van der Waals surface area contributed by atoms with E-state index in [0.717, 1.165) is 0 Å². The number of halogens is 2. The Kier molecular flexibility index (Phi) is 4.11. The fourth-order valence-electron chi connectivity index (χ4n) is 1.91. The zero-order valence-corrected chi connectivity index (χ0v) is 10.1. The summed E-state index contributed by atoms with van der Waals surface area (Å²) in [7, 11) is 0. The van der Waals surface area contributed by atoms with Gasteiger partial charge in [-0.1, -0.05) is 18.2 Å². The van der Waals surface area contributed by atoms with Gasteiger partial charge >= 0.3 is 6.61 Å². The molecule has 2 unspecified atom stereocenters. The third kappa shape index (κ3) is 3.75. The highest BCUT2D eigenvalue weighted by Crippen LogP contribution is 2.22. The van der Waals surface area contributed by atoms with Crippen LogP contribution < -0.4 is 15.8 Å². The Balaban J connectivity index is 1.99. The summed E-state index contributed by atoms with van der Waals surface area (Å²) in [4.78, 5) is 11.9. The molecule has 0 aliphatic heterocycles. The van der Waals surface area contributed by atoms with E-state index in [1.807, 2.05) is 0 Å². The Bertz CT molecular complexity index is 491. The van der Waals surface area contributed by atoms with Gasteiger partial charge in [-0.25, -0.2) is 0 Å². The lowest BCUT2D eigenvalue weighted by molar-refractivity contribution is -0.118. The lowest BCUT2D eigenvalue weighted by atomic mass is 10.1. The number of nitrogens with two attached hydrogens (primary N) is 1. The van der Waals surface area contributed by atoms with Crippen molar-refractivity contribution in [2.75, 3.05) is 5.32 Å². The molecule has 1 amide bonds. The maximum Gasteiger partial charge on any atom is 0.387 e. The van der Waals surface area contributed by atoms with E-state index in [1.165, 1.54) is 18.2 Å². The van der Waals surface area contributed by atoms with Gasteiger partial charge in [0, 0.05) is 17.8 Å². The van der Waals surface area contributed by atoms with E-state index in [9.17, 15) is 13.6 Å². The van der Waals surface area contributed by atoms with Gasteiger partial charge in [-0.15, -0.1) is 0 Å². The summed E-state index contributed by atoms with van der Waals surface area (Å²) in [5.74, 6) is -0.487. The normalized spacial score (nSPS) is 21.7. The summed E-state index contributed by atoms with van der Waals surface area (Å²) in [6, 6.07) is 5.78. The van der Waals surface area contributed by atoms with Crippen LogP contribution in [0.25, 0.3) is 0 Å². The van der Waals surface area contributed by atoms with Crippen molar-refractivity contribution in [1.29, 1.82) is 0 Å². The van der Waals surface area contributed by atoms with E-state index in [4.69, 9.17) is 5.73 Å². The Morgan fingerprint density at radius 3 is 2.84 bits per heavy atom. The molecule has 0 saturated heterocycles. The first-order chi connectivity index (χ1) is 9.04. The van der Waals surface area contributed by atoms with Crippen molar-refractivity contribution in [3.8, 4) is 5.75 Å². The molecule has 0 radical (unpaired) electrons. The van der Waals surface area contributed by atoms with Crippen LogP contribution in [-0.2, 0) is 4.79 Å². The van der Waals surface area contributed by atoms with Crippen molar-refractivity contribution in [3.05, 3.63) is 36.4 Å². The molecular formula is C13H14F2N2O2. The van der Waals surface area contributed by atoms with Gasteiger partial charge in [-0.2, -0.15) is 8.78 Å². The maximum atomic E-state index is 12.1. The van der Waals surface area contributed by atoms with Crippen molar-refractivity contribution in [2.45, 2.75) is 19.1 Å². The number of carbonyl (C=O) groups is 1. The Hall–Kier alpha value is -1.95. The van der Waals surface area contributed by atoms with Crippen LogP contribution in [0.2, 0.25) is 0 Å². The lowest BCUT2D eigenvalue weighted by Crippen LogP contribution is -2.23. The second kappa shape index (κ2) is 5.79. The molecule has 1 aromatic carbocycles. The van der Waals surface area contributed by atoms with Crippen LogP contribution in [0.4, 0.5) is 14.5 Å². The molecule has 2 atom stereocenters. The molecule has 2 rings (SSSR count). The zero-order chi connectivity index (χ0) is 13.8. The summed E-state index contributed by atoms with van der Waals surface area (Å²) in [5, 5.41) is 2.65. The number of hydrogen-bond acceptors (Lipinski definition) is 3. The van der Waals surface area contributed by atoms with E-state index in [-0.39, 0.29) is 23.6 Å². The smallest absolute Gasteiger partial charge is 0.387 e. The van der Waals surface area contributed by atoms with E-state index in [0.29, 0.717) is 12.1 Å². The quantitative estimate of drug-likeness (QED) is 0.822. The molecular weight excluding hydrogens is 254 g/mol. The van der Waals surface area contributed by atoms with E-state index >= 15 is 0 Å². The summed E-state index contributed by atoms with van der Waals surface area (Å²) in [6.45, 7) is -2.89. The second-order valence-electron chi connectivity index (χ2n) is 4.29. The van der Waals surface area contributed by atoms with Crippen molar-refractivity contribution in [1.82, 2.24) is 0 Å². The number of amides is 1. The van der Waals surface area contributed by atoms with E-state index in [1.54, 1.807) is 18.2 Å². The van der Waals surface area contributed by atoms with Crippen molar-refractivity contribution >= 4 is 11.6 Å². The van der Waals surface area contributed by atoms with Crippen LogP contribution in [0.15, 0.2) is 36.4 Å². The average molecular weight is 268 g/mol. The van der Waals surface area contributed by atoms with Gasteiger partial charge in [-0.05, 0) is 18.6 Å². The van der Waals surface area contributed by atoms with Gasteiger partial charge in [0.05, 0.1) is 5.92 Å².